The van der Waals surface area contributed by atoms with Crippen molar-refractivity contribution >= 4 is 19.8 Å². The molecule has 0 radical (unpaired) electrons. The number of hydrogen-bond acceptors (Lipinski definition) is 8. The summed E-state index contributed by atoms with van der Waals surface area (Å²) in [5.74, 6) is -0.889. The second-order valence-electron chi connectivity index (χ2n) is 21.6. The summed E-state index contributed by atoms with van der Waals surface area (Å²) in [5, 5.41) is 0. The van der Waals surface area contributed by atoms with Crippen molar-refractivity contribution in [1.29, 1.82) is 0 Å². The lowest BCUT2D eigenvalue weighted by Crippen LogP contribution is -2.29. The summed E-state index contributed by atoms with van der Waals surface area (Å²) < 4.78 is 33.0. The molecular formula is C67H122NO8P. The molecule has 9 nitrogen and oxygen atoms in total. The number of esters is 2. The van der Waals surface area contributed by atoms with Crippen LogP contribution in [0.2, 0.25) is 0 Å². The molecule has 0 heterocycles. The van der Waals surface area contributed by atoms with E-state index in [1.165, 1.54) is 218 Å². The molecule has 0 aliphatic carbocycles. The van der Waals surface area contributed by atoms with Crippen molar-refractivity contribution in [1.82, 2.24) is 0 Å². The SMILES string of the molecule is CC/C=C\C/C=C\C/C=C\C/C=C\C/C=C\CCCC(=O)OC(COC(=O)CCCCCCCCCCCCCCCCCCCCCCCCCCCCC/C=C\CCCCCCCCCC)COP(=O)(O)OCCN. The molecule has 0 saturated carbocycles. The van der Waals surface area contributed by atoms with E-state index in [1.807, 2.05) is 6.08 Å². The maximum absolute atomic E-state index is 12.6. The Kier molecular flexibility index (Phi) is 60.6. The minimum atomic E-state index is -4.40. The highest BCUT2D eigenvalue weighted by atomic mass is 31.2. The zero-order valence-electron chi connectivity index (χ0n) is 50.2. The number of phosphoric ester groups is 1. The minimum absolute atomic E-state index is 0.0427. The quantitative estimate of drug-likeness (QED) is 0.0264. The van der Waals surface area contributed by atoms with Crippen molar-refractivity contribution < 1.29 is 37.6 Å². The summed E-state index contributed by atoms with van der Waals surface area (Å²) >= 11 is 0. The molecule has 3 N–H and O–H groups in total. The Balaban J connectivity index is 3.79. The van der Waals surface area contributed by atoms with Crippen molar-refractivity contribution in [2.45, 2.75) is 315 Å². The number of ether oxygens (including phenoxy) is 2. The lowest BCUT2D eigenvalue weighted by molar-refractivity contribution is -0.161. The van der Waals surface area contributed by atoms with E-state index in [1.54, 1.807) is 0 Å². The van der Waals surface area contributed by atoms with Gasteiger partial charge in [0.25, 0.3) is 0 Å². The van der Waals surface area contributed by atoms with Crippen molar-refractivity contribution in [3.8, 4) is 0 Å². The van der Waals surface area contributed by atoms with Gasteiger partial charge in [-0.25, -0.2) is 4.57 Å². The molecule has 0 spiro atoms. The number of allylic oxidation sites excluding steroid dienone is 12. The molecule has 0 aromatic carbocycles. The van der Waals surface area contributed by atoms with Crippen LogP contribution in [0.1, 0.15) is 309 Å². The van der Waals surface area contributed by atoms with E-state index < -0.39 is 32.5 Å². The van der Waals surface area contributed by atoms with E-state index in [4.69, 9.17) is 24.3 Å². The number of unbranched alkanes of at least 4 members (excludes halogenated alkanes) is 36. The van der Waals surface area contributed by atoms with Gasteiger partial charge in [-0.3, -0.25) is 18.6 Å². The highest BCUT2D eigenvalue weighted by Gasteiger charge is 2.26. The van der Waals surface area contributed by atoms with Gasteiger partial charge in [-0.05, 0) is 77.0 Å². The number of phosphoric acid groups is 1. The fourth-order valence-corrected chi connectivity index (χ4v) is 10.1. The molecule has 0 fully saturated rings. The molecule has 0 bridgehead atoms. The number of carbonyl (C=O) groups is 2. The highest BCUT2D eigenvalue weighted by Crippen LogP contribution is 2.43. The smallest absolute Gasteiger partial charge is 0.462 e. The van der Waals surface area contributed by atoms with Gasteiger partial charge in [0.2, 0.25) is 0 Å². The predicted octanol–water partition coefficient (Wildman–Crippen LogP) is 20.9. The van der Waals surface area contributed by atoms with Gasteiger partial charge in [0.05, 0.1) is 13.2 Å². The Morgan fingerprint density at radius 3 is 1.12 bits per heavy atom. The van der Waals surface area contributed by atoms with Crippen LogP contribution in [-0.2, 0) is 32.7 Å². The molecule has 0 aliphatic heterocycles. The summed E-state index contributed by atoms with van der Waals surface area (Å²) in [6.45, 7) is 3.59. The van der Waals surface area contributed by atoms with Gasteiger partial charge in [0.15, 0.2) is 6.10 Å². The second kappa shape index (κ2) is 62.6. The van der Waals surface area contributed by atoms with E-state index in [9.17, 15) is 19.0 Å². The van der Waals surface area contributed by atoms with Crippen LogP contribution in [0.4, 0.5) is 0 Å². The van der Waals surface area contributed by atoms with Gasteiger partial charge in [-0.15, -0.1) is 0 Å². The molecule has 2 unspecified atom stereocenters. The molecule has 0 aromatic heterocycles. The highest BCUT2D eigenvalue weighted by molar-refractivity contribution is 7.47. The van der Waals surface area contributed by atoms with Crippen LogP contribution in [0.15, 0.2) is 72.9 Å². The Bertz CT molecular complexity index is 1490. The molecular weight excluding hydrogens is 978 g/mol. The van der Waals surface area contributed by atoms with Crippen LogP contribution >= 0.6 is 7.82 Å². The summed E-state index contributed by atoms with van der Waals surface area (Å²) in [6, 6.07) is 0. The van der Waals surface area contributed by atoms with Crippen molar-refractivity contribution in [3.05, 3.63) is 72.9 Å². The first kappa shape index (κ1) is 74.5. The largest absolute Gasteiger partial charge is 0.472 e. The van der Waals surface area contributed by atoms with Crippen LogP contribution in [-0.4, -0.2) is 49.3 Å². The first-order valence-electron chi connectivity index (χ1n) is 32.4. The number of carbonyl (C=O) groups excluding carboxylic acids is 2. The van der Waals surface area contributed by atoms with Gasteiger partial charge in [0.1, 0.15) is 6.61 Å². The Morgan fingerprint density at radius 1 is 0.403 bits per heavy atom. The average molecular weight is 1100 g/mol. The van der Waals surface area contributed by atoms with Crippen molar-refractivity contribution in [2.24, 2.45) is 5.73 Å². The fraction of sp³-hybridized carbons (Fsp3) is 0.791. The van der Waals surface area contributed by atoms with Crippen LogP contribution in [0.3, 0.4) is 0 Å². The molecule has 0 rings (SSSR count). The van der Waals surface area contributed by atoms with Gasteiger partial charge < -0.3 is 20.1 Å². The van der Waals surface area contributed by atoms with Gasteiger partial charge in [0, 0.05) is 19.4 Å². The summed E-state index contributed by atoms with van der Waals surface area (Å²) in [5.41, 5.74) is 5.38. The van der Waals surface area contributed by atoms with Gasteiger partial charge >= 0.3 is 19.8 Å². The van der Waals surface area contributed by atoms with Gasteiger partial charge in [-0.1, -0.05) is 292 Å². The average Bonchev–Trinajstić information content (AvgIpc) is 3.42. The van der Waals surface area contributed by atoms with Gasteiger partial charge in [-0.2, -0.15) is 0 Å². The predicted molar refractivity (Wildman–Crippen MR) is 330 cm³/mol. The first-order chi connectivity index (χ1) is 37.8. The molecule has 448 valence electrons. The van der Waals surface area contributed by atoms with Crippen molar-refractivity contribution in [3.63, 3.8) is 0 Å². The molecule has 77 heavy (non-hydrogen) atoms. The third-order valence-electron chi connectivity index (χ3n) is 14.1. The molecule has 0 amide bonds. The van der Waals surface area contributed by atoms with E-state index in [2.05, 4.69) is 80.7 Å². The fourth-order valence-electron chi connectivity index (χ4n) is 9.32. The van der Waals surface area contributed by atoms with Crippen LogP contribution < -0.4 is 5.73 Å². The summed E-state index contributed by atoms with van der Waals surface area (Å²) in [4.78, 5) is 35.1. The standard InChI is InChI=1S/C67H122NO8P/c1-3-5-7-9-11-13-15-17-19-21-22-23-24-25-26-27-28-29-30-31-32-33-34-35-36-37-38-39-40-41-42-44-45-47-49-51-53-55-57-59-66(69)73-63-65(64-75-77(71,72)74-62-61-68)76-67(70)60-58-56-54-52-50-48-46-43-20-18-16-14-12-10-8-6-4-2/h6,8,12,14,18,20-22,46,48,52,54,65H,3-5,7,9-11,13,15-17,19,23-45,47,49-51,53,55-64,68H2,1-2H3,(H,71,72)/b8-6-,14-12-,20-18-,22-21-,48-46-,54-52-. The van der Waals surface area contributed by atoms with Crippen LogP contribution in [0.25, 0.3) is 0 Å². The van der Waals surface area contributed by atoms with E-state index >= 15 is 0 Å². The van der Waals surface area contributed by atoms with Crippen LogP contribution in [0.5, 0.6) is 0 Å². The summed E-state index contributed by atoms with van der Waals surface area (Å²) in [7, 11) is -4.40. The normalized spacial score (nSPS) is 13.5. The van der Waals surface area contributed by atoms with E-state index in [0.717, 1.165) is 51.4 Å². The topological polar surface area (TPSA) is 134 Å². The van der Waals surface area contributed by atoms with Crippen molar-refractivity contribution in [2.75, 3.05) is 26.4 Å². The Labute approximate surface area is 475 Å². The van der Waals surface area contributed by atoms with E-state index in [0.29, 0.717) is 12.8 Å². The molecule has 2 atom stereocenters. The monoisotopic (exact) mass is 1100 g/mol. The lowest BCUT2D eigenvalue weighted by atomic mass is 10.0. The zero-order valence-corrected chi connectivity index (χ0v) is 51.1. The third-order valence-corrected chi connectivity index (χ3v) is 15.1. The number of hydrogen-bond donors (Lipinski definition) is 2. The molecule has 0 aliphatic rings. The zero-order chi connectivity index (χ0) is 55.9. The van der Waals surface area contributed by atoms with E-state index in [-0.39, 0.29) is 32.6 Å². The summed E-state index contributed by atoms with van der Waals surface area (Å²) in [6.07, 6.45) is 81.7. The second-order valence-corrected chi connectivity index (χ2v) is 23.1. The van der Waals surface area contributed by atoms with Crippen LogP contribution in [0, 0.1) is 0 Å². The lowest BCUT2D eigenvalue weighted by Gasteiger charge is -2.19. The Morgan fingerprint density at radius 2 is 0.727 bits per heavy atom. The third kappa shape index (κ3) is 62.5. The number of nitrogens with two attached hydrogens (primary N) is 1. The number of rotatable bonds is 61. The molecule has 0 saturated heterocycles. The Hall–Kier alpha value is -2.55. The minimum Gasteiger partial charge on any atom is -0.462 e. The maximum atomic E-state index is 12.6. The maximum Gasteiger partial charge on any atom is 0.472 e. The molecule has 10 heteroatoms. The molecule has 0 aromatic rings. The first-order valence-corrected chi connectivity index (χ1v) is 33.9.